The molecule has 0 saturated heterocycles. The molecule has 0 bridgehead atoms. The number of nitrogens with zero attached hydrogens (tertiary/aromatic N) is 1. The van der Waals surface area contributed by atoms with E-state index >= 15 is 0 Å². The normalized spacial score (nSPS) is 10.0. The third-order valence-corrected chi connectivity index (χ3v) is 11.8. The Labute approximate surface area is 230 Å². The summed E-state index contributed by atoms with van der Waals surface area (Å²) in [5.74, 6) is 0.587. The van der Waals surface area contributed by atoms with Gasteiger partial charge in [-0.2, -0.15) is 0 Å². The summed E-state index contributed by atoms with van der Waals surface area (Å²) in [6, 6.07) is 15.3. The Morgan fingerprint density at radius 2 is 1.06 bits per heavy atom. The molecule has 35 heavy (non-hydrogen) atoms. The summed E-state index contributed by atoms with van der Waals surface area (Å²) in [7, 11) is 3.97. The van der Waals surface area contributed by atoms with Crippen molar-refractivity contribution in [2.24, 2.45) is 0 Å². The van der Waals surface area contributed by atoms with E-state index in [1.807, 2.05) is 82.3 Å². The Kier molecular flexibility index (Phi) is 14.6. The van der Waals surface area contributed by atoms with E-state index in [0.717, 1.165) is 30.6 Å². The van der Waals surface area contributed by atoms with Crippen LogP contribution in [0.4, 0.5) is 0 Å². The van der Waals surface area contributed by atoms with Crippen LogP contribution in [0.5, 0.6) is 0 Å². The fourth-order valence-electron chi connectivity index (χ4n) is 2.59. The molecule has 4 rings (SSSR count). The second kappa shape index (κ2) is 17.2. The molecule has 5 nitrogen and oxygen atoms in total. The molecule has 0 atom stereocenters. The molecule has 0 aromatic carbocycles. The van der Waals surface area contributed by atoms with Crippen LogP contribution in [0.1, 0.15) is 56.2 Å². The summed E-state index contributed by atoms with van der Waals surface area (Å²) in [6.45, 7) is 0.853. The molecule has 0 amide bonds. The van der Waals surface area contributed by atoms with Gasteiger partial charge in [-0.15, -0.1) is 0 Å². The predicted octanol–water partition coefficient (Wildman–Crippen LogP) is 3.08. The Hall–Kier alpha value is -1.36. The topological polar surface area (TPSA) is 71.5 Å². The van der Waals surface area contributed by atoms with E-state index in [2.05, 4.69) is 4.94 Å². The van der Waals surface area contributed by atoms with Gasteiger partial charge in [-0.3, -0.25) is 0 Å². The molecular formula is C26H27NO4Se4. The van der Waals surface area contributed by atoms with Crippen LogP contribution in [0.25, 0.3) is 0 Å². The summed E-state index contributed by atoms with van der Waals surface area (Å²) in [5, 5.41) is 0. The zero-order valence-corrected chi connectivity index (χ0v) is 26.4. The Morgan fingerprint density at radius 3 is 1.34 bits per heavy atom. The number of ketones is 3. The van der Waals surface area contributed by atoms with Gasteiger partial charge in [-0.1, -0.05) is 0 Å². The van der Waals surface area contributed by atoms with Gasteiger partial charge in [0.2, 0.25) is 0 Å². The molecule has 0 radical (unpaired) electrons. The second-order valence-corrected chi connectivity index (χ2v) is 15.4. The van der Waals surface area contributed by atoms with Gasteiger partial charge < -0.3 is 0 Å². The van der Waals surface area contributed by atoms with Crippen molar-refractivity contribution in [3.63, 3.8) is 0 Å². The van der Waals surface area contributed by atoms with Crippen molar-refractivity contribution in [1.82, 2.24) is 4.90 Å². The van der Waals surface area contributed by atoms with Gasteiger partial charge in [0.1, 0.15) is 0 Å². The van der Waals surface area contributed by atoms with E-state index in [9.17, 15) is 19.2 Å². The molecule has 0 N–H and O–H groups in total. The van der Waals surface area contributed by atoms with Crippen molar-refractivity contribution in [2.45, 2.75) is 19.3 Å². The average molecular weight is 733 g/mol. The molecule has 0 unspecified atom stereocenters. The first-order chi connectivity index (χ1) is 16.9. The third kappa shape index (κ3) is 11.9. The minimum absolute atomic E-state index is 0.136. The van der Waals surface area contributed by atoms with E-state index < -0.39 is 0 Å². The van der Waals surface area contributed by atoms with Crippen molar-refractivity contribution in [1.29, 1.82) is 0 Å². The zero-order chi connectivity index (χ0) is 25.5. The summed E-state index contributed by atoms with van der Waals surface area (Å²) < 4.78 is 3.74. The number of carbonyl (C=O) groups excluding carboxylic acids is 4. The fraction of sp³-hybridized carbons (Fsp3) is 0.231. The Balaban J connectivity index is 0.000000200. The van der Waals surface area contributed by atoms with Gasteiger partial charge in [0.15, 0.2) is 0 Å². The third-order valence-electron chi connectivity index (χ3n) is 4.41. The number of hydrogen-bond donors (Lipinski definition) is 0. The van der Waals surface area contributed by atoms with E-state index in [-0.39, 0.29) is 40.6 Å². The molecule has 4 aromatic rings. The quantitative estimate of drug-likeness (QED) is 0.143. The molecule has 0 fully saturated rings. The van der Waals surface area contributed by atoms with E-state index in [4.69, 9.17) is 0 Å². The van der Waals surface area contributed by atoms with Crippen molar-refractivity contribution in [3.8, 4) is 0 Å². The molecule has 0 aliphatic rings. The Bertz CT molecular complexity index is 1080. The fourth-order valence-corrected chi connectivity index (χ4v) is 8.07. The maximum absolute atomic E-state index is 11.7. The Morgan fingerprint density at radius 1 is 0.657 bits per heavy atom. The van der Waals surface area contributed by atoms with Crippen LogP contribution >= 0.6 is 0 Å². The standard InChI is InChI=1S/C12H10O2Se2.C9H13NOSe.C5H4OSe/c13-9(11-3-1-7-15-11)5-6-10(14)12-4-2-8-16-12;1-10(2)6-5-8(11)9-4-3-7-12-9;6-4-5-2-1-3-7-5/h1-4,7-8H,5-6H2;3-4,7H,5-6H2,1-2H3;1-4H. The van der Waals surface area contributed by atoms with Gasteiger partial charge in [0.25, 0.3) is 0 Å². The van der Waals surface area contributed by atoms with Gasteiger partial charge >= 0.3 is 232 Å². The minimum atomic E-state index is 0.136. The van der Waals surface area contributed by atoms with E-state index in [1.165, 1.54) is 0 Å². The molecule has 0 spiro atoms. The van der Waals surface area contributed by atoms with Crippen LogP contribution in [-0.2, 0) is 0 Å². The SMILES string of the molecule is CN(C)CCC(=O)c1ccc[se]1.O=C(CCC(=O)c1ccc[se]1)c1ccc[se]1.O=Cc1ccc[se]1. The molecule has 0 aliphatic carbocycles. The van der Waals surface area contributed by atoms with Gasteiger partial charge in [0, 0.05) is 0 Å². The molecule has 4 aromatic heterocycles. The molecule has 0 aliphatic heterocycles. The molecule has 4 heterocycles. The first-order valence-electron chi connectivity index (χ1n) is 10.7. The number of aldehydes is 1. The number of carbonyl (C=O) groups is 4. The monoisotopic (exact) mass is 737 g/mol. The molecular weight excluding hydrogens is 706 g/mol. The molecule has 9 heteroatoms. The maximum atomic E-state index is 11.7. The number of Topliss-reactive ketones (excluding diaryl/α,β-unsaturated/α-hetero) is 3. The van der Waals surface area contributed by atoms with E-state index in [1.54, 1.807) is 0 Å². The number of rotatable bonds is 10. The average Bonchev–Trinajstić information content (AvgIpc) is 3.69. The van der Waals surface area contributed by atoms with Crippen LogP contribution < -0.4 is 0 Å². The van der Waals surface area contributed by atoms with Crippen molar-refractivity contribution in [3.05, 3.63) is 86.0 Å². The summed E-state index contributed by atoms with van der Waals surface area (Å²) in [5.41, 5.74) is 0. The van der Waals surface area contributed by atoms with E-state index in [0.29, 0.717) is 54.1 Å². The van der Waals surface area contributed by atoms with Crippen LogP contribution in [0.3, 0.4) is 0 Å². The van der Waals surface area contributed by atoms with Crippen LogP contribution in [0.15, 0.2) is 68.3 Å². The first-order valence-corrected chi connectivity index (χ1v) is 18.1. The van der Waals surface area contributed by atoms with Gasteiger partial charge in [-0.25, -0.2) is 0 Å². The number of hydrogen-bond acceptors (Lipinski definition) is 5. The zero-order valence-electron chi connectivity index (χ0n) is 19.5. The van der Waals surface area contributed by atoms with Crippen LogP contribution in [-0.4, -0.2) is 107 Å². The van der Waals surface area contributed by atoms with Crippen LogP contribution in [0, 0.1) is 0 Å². The van der Waals surface area contributed by atoms with Gasteiger partial charge in [0.05, 0.1) is 0 Å². The van der Waals surface area contributed by atoms with Crippen molar-refractivity contribution >= 4 is 81.7 Å². The molecule has 0 saturated carbocycles. The van der Waals surface area contributed by atoms with Gasteiger partial charge in [-0.05, 0) is 0 Å². The van der Waals surface area contributed by atoms with Crippen molar-refractivity contribution in [2.75, 3.05) is 20.6 Å². The second-order valence-electron chi connectivity index (χ2n) is 7.39. The summed E-state index contributed by atoms with van der Waals surface area (Å²) in [4.78, 5) is 54.9. The first kappa shape index (κ1) is 29.9. The van der Waals surface area contributed by atoms with Crippen LogP contribution in [0.2, 0.25) is 0 Å². The van der Waals surface area contributed by atoms with Crippen molar-refractivity contribution < 1.29 is 19.2 Å². The molecule has 184 valence electrons. The summed E-state index contributed by atoms with van der Waals surface area (Å²) in [6.07, 6.45) is 2.30. The summed E-state index contributed by atoms with van der Waals surface area (Å²) >= 11 is 1.04. The predicted molar refractivity (Wildman–Crippen MR) is 144 cm³/mol.